The van der Waals surface area contributed by atoms with Gasteiger partial charge in [-0.2, -0.15) is 0 Å². The van der Waals surface area contributed by atoms with Crippen LogP contribution in [0.5, 0.6) is 11.5 Å². The molecule has 5 rings (SSSR count). The van der Waals surface area contributed by atoms with Crippen LogP contribution in [0.3, 0.4) is 0 Å². The van der Waals surface area contributed by atoms with Crippen LogP contribution < -0.4 is 14.4 Å². The molecular formula is C40H54N2O8. The molecule has 3 aliphatic heterocycles. The zero-order chi connectivity index (χ0) is 35.7. The largest absolute Gasteiger partial charge is 0.504 e. The Morgan fingerprint density at radius 3 is 2.34 bits per heavy atom. The highest BCUT2D eigenvalue weighted by atomic mass is 16.5. The summed E-state index contributed by atoms with van der Waals surface area (Å²) in [7, 11) is 6.07. The lowest BCUT2D eigenvalue weighted by atomic mass is 9.67. The number of unbranched alkanes of at least 4 members (excludes halogenated alkanes) is 6. The Morgan fingerprint density at radius 1 is 0.920 bits per heavy atom. The molecule has 1 amide bonds. The fourth-order valence-electron chi connectivity index (χ4n) is 8.52. The molecule has 4 atom stereocenters. The Bertz CT molecular complexity index is 1520. The van der Waals surface area contributed by atoms with Crippen LogP contribution >= 0.6 is 0 Å². The average Bonchev–Trinajstić information content (AvgIpc) is 3.64. The minimum absolute atomic E-state index is 0.0113. The van der Waals surface area contributed by atoms with Crippen LogP contribution in [0.1, 0.15) is 87.1 Å². The molecule has 0 aromatic heterocycles. The highest BCUT2D eigenvalue weighted by Gasteiger charge is 2.62. The SMILES string of the molecule is CC[C@H]1CN2CC[C@]3(C(=O)N(CCCCCCCCCOC(=O)c4ccc(OC)c(OC)c4)c4ccccc43)C2C[C@@H]1/C(=C\OC)C(=O)OC. The Morgan fingerprint density at radius 2 is 1.64 bits per heavy atom. The van der Waals surface area contributed by atoms with Crippen molar-refractivity contribution in [3.05, 3.63) is 65.4 Å². The van der Waals surface area contributed by atoms with E-state index in [4.69, 9.17) is 23.7 Å². The number of anilines is 1. The Hall–Kier alpha value is -4.05. The van der Waals surface area contributed by atoms with Gasteiger partial charge in [-0.1, -0.05) is 63.6 Å². The third-order valence-corrected chi connectivity index (χ3v) is 11.1. The lowest BCUT2D eigenvalue weighted by molar-refractivity contribution is -0.137. The first-order valence-electron chi connectivity index (χ1n) is 18.2. The summed E-state index contributed by atoms with van der Waals surface area (Å²) < 4.78 is 26.5. The van der Waals surface area contributed by atoms with Crippen molar-refractivity contribution in [3.8, 4) is 11.5 Å². The highest BCUT2D eigenvalue weighted by molar-refractivity contribution is 6.09. The molecule has 10 nitrogen and oxygen atoms in total. The smallest absolute Gasteiger partial charge is 0.338 e. The molecular weight excluding hydrogens is 636 g/mol. The van der Waals surface area contributed by atoms with Crippen molar-refractivity contribution < 1.29 is 38.1 Å². The monoisotopic (exact) mass is 690 g/mol. The van der Waals surface area contributed by atoms with Gasteiger partial charge in [-0.05, 0) is 73.9 Å². The third-order valence-electron chi connectivity index (χ3n) is 11.1. The summed E-state index contributed by atoms with van der Waals surface area (Å²) >= 11 is 0. The van der Waals surface area contributed by atoms with E-state index in [-0.39, 0.29) is 35.7 Å². The Kier molecular flexibility index (Phi) is 12.8. The van der Waals surface area contributed by atoms with Gasteiger partial charge < -0.3 is 28.6 Å². The summed E-state index contributed by atoms with van der Waals surface area (Å²) in [5, 5.41) is 0. The number of carbonyl (C=O) groups excluding carboxylic acids is 3. The van der Waals surface area contributed by atoms with Crippen LogP contribution in [0.2, 0.25) is 0 Å². The van der Waals surface area contributed by atoms with Gasteiger partial charge in [0.15, 0.2) is 11.5 Å². The molecule has 2 fully saturated rings. The first-order valence-corrected chi connectivity index (χ1v) is 18.2. The van der Waals surface area contributed by atoms with E-state index in [1.807, 2.05) is 11.0 Å². The maximum Gasteiger partial charge on any atom is 0.338 e. The molecule has 0 radical (unpaired) electrons. The van der Waals surface area contributed by atoms with Gasteiger partial charge in [-0.25, -0.2) is 9.59 Å². The first kappa shape index (κ1) is 37.2. The molecule has 0 aliphatic carbocycles. The second kappa shape index (κ2) is 17.2. The molecule has 0 bridgehead atoms. The number of benzene rings is 2. The number of fused-ring (bicyclic) bond motifs is 4. The number of nitrogens with zero attached hydrogens (tertiary/aromatic N) is 2. The zero-order valence-electron chi connectivity index (χ0n) is 30.4. The molecule has 1 unspecified atom stereocenters. The van der Waals surface area contributed by atoms with Crippen molar-refractivity contribution >= 4 is 23.5 Å². The van der Waals surface area contributed by atoms with E-state index in [0.29, 0.717) is 42.2 Å². The van der Waals surface area contributed by atoms with Crippen LogP contribution in [-0.2, 0) is 29.2 Å². The molecule has 3 aliphatic rings. The number of amides is 1. The molecule has 0 saturated carbocycles. The highest BCUT2D eigenvalue weighted by Crippen LogP contribution is 2.55. The number of carbonyl (C=O) groups is 3. The van der Waals surface area contributed by atoms with Crippen molar-refractivity contribution in [1.29, 1.82) is 0 Å². The Balaban J connectivity index is 1.10. The van der Waals surface area contributed by atoms with Crippen LogP contribution in [-0.4, -0.2) is 83.5 Å². The number of esters is 2. The summed E-state index contributed by atoms with van der Waals surface area (Å²) in [5.74, 6) is 0.799. The number of methoxy groups -OCH3 is 4. The van der Waals surface area contributed by atoms with Crippen LogP contribution in [0.25, 0.3) is 0 Å². The fourth-order valence-corrected chi connectivity index (χ4v) is 8.52. The molecule has 2 aromatic rings. The minimum atomic E-state index is -0.606. The quantitative estimate of drug-likeness (QED) is 0.0777. The molecule has 3 heterocycles. The van der Waals surface area contributed by atoms with Gasteiger partial charge in [-0.15, -0.1) is 0 Å². The van der Waals surface area contributed by atoms with Gasteiger partial charge in [0.2, 0.25) is 5.91 Å². The van der Waals surface area contributed by atoms with Crippen LogP contribution in [0.15, 0.2) is 54.3 Å². The van der Waals surface area contributed by atoms with E-state index in [9.17, 15) is 14.4 Å². The van der Waals surface area contributed by atoms with Gasteiger partial charge >= 0.3 is 11.9 Å². The number of ether oxygens (including phenoxy) is 5. The zero-order valence-corrected chi connectivity index (χ0v) is 30.4. The fraction of sp³-hybridized carbons (Fsp3) is 0.575. The summed E-state index contributed by atoms with van der Waals surface area (Å²) in [6, 6.07) is 13.4. The number of hydrogen-bond donors (Lipinski definition) is 0. The average molecular weight is 691 g/mol. The van der Waals surface area contributed by atoms with Gasteiger partial charge in [-0.3, -0.25) is 9.69 Å². The number of piperidine rings is 1. The summed E-state index contributed by atoms with van der Waals surface area (Å²) in [6.07, 6.45) is 11.1. The first-order chi connectivity index (χ1) is 24.3. The van der Waals surface area contributed by atoms with Crippen LogP contribution in [0.4, 0.5) is 5.69 Å². The van der Waals surface area contributed by atoms with Crippen molar-refractivity contribution in [2.24, 2.45) is 11.8 Å². The molecule has 0 N–H and O–H groups in total. The van der Waals surface area contributed by atoms with E-state index in [0.717, 1.165) is 82.1 Å². The van der Waals surface area contributed by atoms with Gasteiger partial charge in [0, 0.05) is 24.8 Å². The summed E-state index contributed by atoms with van der Waals surface area (Å²) in [5.41, 5.74) is 2.57. The van der Waals surface area contributed by atoms with Crippen molar-refractivity contribution in [3.63, 3.8) is 0 Å². The maximum absolute atomic E-state index is 14.6. The second-order valence-electron chi connectivity index (χ2n) is 13.7. The standard InChI is InChI=1S/C40H54N2O8/c1-6-28-26-41-22-20-40(36(41)25-30(28)31(27-46-2)38(44)49-5)32-16-12-13-17-33(32)42(39(40)45)21-14-10-8-7-9-11-15-23-50-37(43)29-18-19-34(47-3)35(24-29)48-4/h12-13,16-19,24,27-28,30,36H,6-11,14-15,20-23,25-26H2,1-5H3/b31-27+/t28-,30-,36?,40+/m0/s1. The maximum atomic E-state index is 14.6. The van der Waals surface area contributed by atoms with Gasteiger partial charge in [0.1, 0.15) is 0 Å². The Labute approximate surface area is 297 Å². The lowest BCUT2D eigenvalue weighted by Crippen LogP contribution is -2.55. The molecule has 2 saturated heterocycles. The second-order valence-corrected chi connectivity index (χ2v) is 13.7. The predicted octanol–water partition coefficient (Wildman–Crippen LogP) is 6.70. The topological polar surface area (TPSA) is 104 Å². The number of para-hydroxylation sites is 1. The van der Waals surface area contributed by atoms with Gasteiger partial charge in [0.05, 0.1) is 57.9 Å². The molecule has 50 heavy (non-hydrogen) atoms. The van der Waals surface area contributed by atoms with E-state index in [2.05, 4.69) is 30.0 Å². The van der Waals surface area contributed by atoms with E-state index in [1.165, 1.54) is 14.2 Å². The van der Waals surface area contributed by atoms with E-state index in [1.54, 1.807) is 38.7 Å². The lowest BCUT2D eigenvalue weighted by Gasteiger charge is -2.45. The summed E-state index contributed by atoms with van der Waals surface area (Å²) in [4.78, 5) is 44.4. The molecule has 10 heteroatoms. The third kappa shape index (κ3) is 7.50. The predicted molar refractivity (Wildman–Crippen MR) is 192 cm³/mol. The summed E-state index contributed by atoms with van der Waals surface area (Å²) in [6.45, 7) is 4.98. The van der Waals surface area contributed by atoms with Gasteiger partial charge in [0.25, 0.3) is 0 Å². The minimum Gasteiger partial charge on any atom is -0.504 e. The van der Waals surface area contributed by atoms with Crippen molar-refractivity contribution in [2.75, 3.05) is 59.6 Å². The van der Waals surface area contributed by atoms with E-state index >= 15 is 0 Å². The van der Waals surface area contributed by atoms with Crippen LogP contribution in [0, 0.1) is 11.8 Å². The molecule has 272 valence electrons. The molecule has 2 aromatic carbocycles. The van der Waals surface area contributed by atoms with Crippen molar-refractivity contribution in [2.45, 2.75) is 82.6 Å². The van der Waals surface area contributed by atoms with E-state index < -0.39 is 5.41 Å². The van der Waals surface area contributed by atoms with Crippen molar-refractivity contribution in [1.82, 2.24) is 4.90 Å². The molecule has 1 spiro atoms. The normalized spacial score (nSPS) is 23.1. The number of rotatable bonds is 17. The number of hydrogen-bond acceptors (Lipinski definition) is 9.